The van der Waals surface area contributed by atoms with Gasteiger partial charge in [0.25, 0.3) is 0 Å². The van der Waals surface area contributed by atoms with Crippen LogP contribution in [0.25, 0.3) is 0 Å². The number of hydrogen-bond donors (Lipinski definition) is 2. The smallest absolute Gasteiger partial charge is 0.139 e. The van der Waals surface area contributed by atoms with Gasteiger partial charge in [0.2, 0.25) is 0 Å². The lowest BCUT2D eigenvalue weighted by molar-refractivity contribution is -0.927. The first-order valence-electron chi connectivity index (χ1n) is 7.10. The molecule has 0 saturated carbocycles. The number of hydrogen-bond acceptors (Lipinski definition) is 1. The third kappa shape index (κ3) is 2.86. The fourth-order valence-corrected chi connectivity index (χ4v) is 2.99. The standard InChI is InChI=1S/C17H20N2/c1-3-7-15(8-4-1)17(16-9-5-2-6-10-16)19-13-11-18-12-14-19/h1-10,17-18H,11-14H2/p+1. The Hall–Kier alpha value is -1.64. The molecule has 2 nitrogen and oxygen atoms in total. The second-order valence-electron chi connectivity index (χ2n) is 5.16. The zero-order chi connectivity index (χ0) is 12.9. The lowest BCUT2D eigenvalue weighted by Gasteiger charge is -2.32. The van der Waals surface area contributed by atoms with Crippen molar-refractivity contribution in [3.63, 3.8) is 0 Å². The molecule has 0 unspecified atom stereocenters. The number of piperazine rings is 1. The predicted octanol–water partition coefficient (Wildman–Crippen LogP) is 1.26. The summed E-state index contributed by atoms with van der Waals surface area (Å²) in [5, 5.41) is 3.45. The van der Waals surface area contributed by atoms with Crippen molar-refractivity contribution in [2.75, 3.05) is 26.2 Å². The average molecular weight is 253 g/mol. The van der Waals surface area contributed by atoms with Gasteiger partial charge in [0.1, 0.15) is 6.04 Å². The Bertz CT molecular complexity index is 450. The minimum Gasteiger partial charge on any atom is -0.323 e. The SMILES string of the molecule is c1ccc(C(c2ccccc2)[NH+]2CCNCC2)cc1. The summed E-state index contributed by atoms with van der Waals surface area (Å²) in [6.07, 6.45) is 0. The fraction of sp³-hybridized carbons (Fsp3) is 0.294. The summed E-state index contributed by atoms with van der Waals surface area (Å²) < 4.78 is 0. The molecule has 2 aromatic carbocycles. The molecule has 3 rings (SSSR count). The highest BCUT2D eigenvalue weighted by Crippen LogP contribution is 2.18. The molecule has 2 heteroatoms. The lowest BCUT2D eigenvalue weighted by atomic mass is 9.96. The summed E-state index contributed by atoms with van der Waals surface area (Å²) in [6.45, 7) is 4.61. The Morgan fingerprint density at radius 2 is 1.21 bits per heavy atom. The Balaban J connectivity index is 1.96. The van der Waals surface area contributed by atoms with Gasteiger partial charge in [0.15, 0.2) is 0 Å². The first kappa shape index (κ1) is 12.4. The number of quaternary nitrogens is 1. The van der Waals surface area contributed by atoms with Gasteiger partial charge in [0, 0.05) is 24.2 Å². The van der Waals surface area contributed by atoms with Crippen LogP contribution >= 0.6 is 0 Å². The van der Waals surface area contributed by atoms with Crippen molar-refractivity contribution in [2.45, 2.75) is 6.04 Å². The molecule has 1 saturated heterocycles. The molecule has 1 aliphatic rings. The number of nitrogens with one attached hydrogen (secondary N) is 2. The van der Waals surface area contributed by atoms with Gasteiger partial charge in [-0.1, -0.05) is 60.7 Å². The molecule has 0 atom stereocenters. The van der Waals surface area contributed by atoms with Crippen molar-refractivity contribution < 1.29 is 4.90 Å². The molecule has 2 N–H and O–H groups in total. The monoisotopic (exact) mass is 253 g/mol. The Morgan fingerprint density at radius 1 is 0.737 bits per heavy atom. The van der Waals surface area contributed by atoms with Gasteiger partial charge in [-0.05, 0) is 0 Å². The third-order valence-electron chi connectivity index (χ3n) is 3.92. The van der Waals surface area contributed by atoms with Crippen LogP contribution < -0.4 is 10.2 Å². The van der Waals surface area contributed by atoms with E-state index in [2.05, 4.69) is 66.0 Å². The maximum Gasteiger partial charge on any atom is 0.139 e. The Morgan fingerprint density at radius 3 is 1.68 bits per heavy atom. The summed E-state index contributed by atoms with van der Waals surface area (Å²) in [7, 11) is 0. The number of benzene rings is 2. The normalized spacial score (nSPS) is 16.7. The van der Waals surface area contributed by atoms with Crippen LogP contribution in [0, 0.1) is 0 Å². The van der Waals surface area contributed by atoms with Gasteiger partial charge in [-0.15, -0.1) is 0 Å². The minimum absolute atomic E-state index is 0.462. The average Bonchev–Trinajstić information content (AvgIpc) is 2.51. The Kier molecular flexibility index (Phi) is 3.92. The molecule has 0 amide bonds. The lowest BCUT2D eigenvalue weighted by Crippen LogP contribution is -3.15. The summed E-state index contributed by atoms with van der Waals surface area (Å²) in [5.74, 6) is 0. The zero-order valence-corrected chi connectivity index (χ0v) is 11.2. The summed E-state index contributed by atoms with van der Waals surface area (Å²) >= 11 is 0. The third-order valence-corrected chi connectivity index (χ3v) is 3.92. The van der Waals surface area contributed by atoms with Crippen molar-refractivity contribution in [1.29, 1.82) is 0 Å². The molecule has 2 aromatic rings. The van der Waals surface area contributed by atoms with Gasteiger partial charge in [-0.25, -0.2) is 0 Å². The van der Waals surface area contributed by atoms with Crippen LogP contribution in [-0.4, -0.2) is 26.2 Å². The van der Waals surface area contributed by atoms with Gasteiger partial charge in [0.05, 0.1) is 13.1 Å². The molecule has 0 bridgehead atoms. The van der Waals surface area contributed by atoms with Gasteiger partial charge >= 0.3 is 0 Å². The highest BCUT2D eigenvalue weighted by molar-refractivity contribution is 5.29. The molecule has 1 aliphatic heterocycles. The van der Waals surface area contributed by atoms with E-state index < -0.39 is 0 Å². The Labute approximate surface area is 115 Å². The van der Waals surface area contributed by atoms with E-state index >= 15 is 0 Å². The van der Waals surface area contributed by atoms with Crippen molar-refractivity contribution in [3.8, 4) is 0 Å². The molecule has 0 radical (unpaired) electrons. The predicted molar refractivity (Wildman–Crippen MR) is 78.3 cm³/mol. The quantitative estimate of drug-likeness (QED) is 0.842. The van der Waals surface area contributed by atoms with Crippen molar-refractivity contribution >= 4 is 0 Å². The van der Waals surface area contributed by atoms with Crippen LogP contribution in [0.15, 0.2) is 60.7 Å². The zero-order valence-electron chi connectivity index (χ0n) is 11.2. The van der Waals surface area contributed by atoms with E-state index in [4.69, 9.17) is 0 Å². The molecule has 1 fully saturated rings. The van der Waals surface area contributed by atoms with Crippen LogP contribution in [0.4, 0.5) is 0 Å². The minimum atomic E-state index is 0.462. The van der Waals surface area contributed by atoms with Crippen LogP contribution in [0.2, 0.25) is 0 Å². The van der Waals surface area contributed by atoms with Crippen molar-refractivity contribution in [1.82, 2.24) is 5.32 Å². The van der Waals surface area contributed by atoms with Crippen molar-refractivity contribution in [2.24, 2.45) is 0 Å². The van der Waals surface area contributed by atoms with E-state index in [1.54, 1.807) is 4.90 Å². The topological polar surface area (TPSA) is 16.5 Å². The fourth-order valence-electron chi connectivity index (χ4n) is 2.99. The first-order chi connectivity index (χ1) is 9.45. The second-order valence-corrected chi connectivity index (χ2v) is 5.16. The number of rotatable bonds is 3. The highest BCUT2D eigenvalue weighted by Gasteiger charge is 2.26. The van der Waals surface area contributed by atoms with Crippen LogP contribution in [-0.2, 0) is 0 Å². The first-order valence-corrected chi connectivity index (χ1v) is 7.10. The molecular formula is C17H21N2+. The molecule has 0 aromatic heterocycles. The van der Waals surface area contributed by atoms with Crippen molar-refractivity contribution in [3.05, 3.63) is 71.8 Å². The van der Waals surface area contributed by atoms with E-state index in [9.17, 15) is 0 Å². The molecule has 1 heterocycles. The van der Waals surface area contributed by atoms with Crippen LogP contribution in [0.1, 0.15) is 17.2 Å². The van der Waals surface area contributed by atoms with E-state index in [1.807, 2.05) is 0 Å². The van der Waals surface area contributed by atoms with E-state index in [-0.39, 0.29) is 0 Å². The van der Waals surface area contributed by atoms with E-state index in [0.717, 1.165) is 13.1 Å². The summed E-state index contributed by atoms with van der Waals surface area (Å²) in [6, 6.07) is 22.3. The van der Waals surface area contributed by atoms with Crippen LogP contribution in [0.5, 0.6) is 0 Å². The van der Waals surface area contributed by atoms with Gasteiger partial charge < -0.3 is 10.2 Å². The summed E-state index contributed by atoms with van der Waals surface area (Å²) in [5.41, 5.74) is 2.84. The van der Waals surface area contributed by atoms with E-state index in [0.29, 0.717) is 6.04 Å². The second kappa shape index (κ2) is 6.00. The summed E-state index contributed by atoms with van der Waals surface area (Å²) in [4.78, 5) is 1.66. The molecule has 19 heavy (non-hydrogen) atoms. The maximum atomic E-state index is 3.45. The molecular weight excluding hydrogens is 232 g/mol. The van der Waals surface area contributed by atoms with Crippen LogP contribution in [0.3, 0.4) is 0 Å². The van der Waals surface area contributed by atoms with Gasteiger partial charge in [-0.2, -0.15) is 0 Å². The highest BCUT2D eigenvalue weighted by atomic mass is 15.2. The van der Waals surface area contributed by atoms with E-state index in [1.165, 1.54) is 24.2 Å². The molecule has 98 valence electrons. The maximum absolute atomic E-state index is 3.45. The largest absolute Gasteiger partial charge is 0.323 e. The van der Waals surface area contributed by atoms with Gasteiger partial charge in [-0.3, -0.25) is 0 Å². The molecule has 0 aliphatic carbocycles. The molecule has 0 spiro atoms.